The number of esters is 1. The van der Waals surface area contributed by atoms with Gasteiger partial charge in [-0.3, -0.25) is 14.9 Å². The summed E-state index contributed by atoms with van der Waals surface area (Å²) in [6.45, 7) is 1.37. The highest BCUT2D eigenvalue weighted by atomic mass is 32.2. The summed E-state index contributed by atoms with van der Waals surface area (Å²) in [5, 5.41) is 11.1. The third-order valence-electron chi connectivity index (χ3n) is 3.90. The molecule has 0 aliphatic heterocycles. The Kier molecular flexibility index (Phi) is 6.14. The minimum atomic E-state index is -3.85. The maximum Gasteiger partial charge on any atom is 0.339 e. The SMILES string of the molecule is C[C@@H](OC(=O)c1ccc(S(C)(=O)=O)c([N+](=O)[O-])c1)C(=O)N(C)c1ccccc1. The highest BCUT2D eigenvalue weighted by Crippen LogP contribution is 2.25. The molecule has 2 aromatic carbocycles. The van der Waals surface area contributed by atoms with Crippen molar-refractivity contribution >= 4 is 33.1 Å². The predicted octanol–water partition coefficient (Wildman–Crippen LogP) is 2.21. The van der Waals surface area contributed by atoms with Crippen molar-refractivity contribution in [3.05, 3.63) is 64.2 Å². The molecule has 0 aliphatic carbocycles. The van der Waals surface area contributed by atoms with Crippen LogP contribution in [0.5, 0.6) is 0 Å². The number of hydrogen-bond acceptors (Lipinski definition) is 7. The van der Waals surface area contributed by atoms with Crippen LogP contribution in [0.15, 0.2) is 53.4 Å². The summed E-state index contributed by atoms with van der Waals surface area (Å²) in [5.41, 5.74) is -0.373. The number of nitro benzene ring substituents is 1. The van der Waals surface area contributed by atoms with E-state index in [1.165, 1.54) is 18.9 Å². The Balaban J connectivity index is 2.21. The molecule has 9 nitrogen and oxygen atoms in total. The average Bonchev–Trinajstić information content (AvgIpc) is 2.66. The van der Waals surface area contributed by atoms with Crippen LogP contribution in [0.25, 0.3) is 0 Å². The average molecular weight is 406 g/mol. The van der Waals surface area contributed by atoms with Gasteiger partial charge in [0.2, 0.25) is 0 Å². The van der Waals surface area contributed by atoms with Gasteiger partial charge in [-0.15, -0.1) is 0 Å². The van der Waals surface area contributed by atoms with E-state index >= 15 is 0 Å². The van der Waals surface area contributed by atoms with Gasteiger partial charge in [-0.25, -0.2) is 13.2 Å². The summed E-state index contributed by atoms with van der Waals surface area (Å²) in [7, 11) is -2.33. The topological polar surface area (TPSA) is 124 Å². The normalized spacial score (nSPS) is 12.1. The molecule has 0 saturated carbocycles. The first-order chi connectivity index (χ1) is 13.0. The van der Waals surface area contributed by atoms with Crippen LogP contribution < -0.4 is 4.90 Å². The zero-order valence-corrected chi connectivity index (χ0v) is 16.2. The number of hydrogen-bond donors (Lipinski definition) is 0. The molecule has 1 amide bonds. The molecule has 0 bridgehead atoms. The molecule has 0 N–H and O–H groups in total. The fourth-order valence-electron chi connectivity index (χ4n) is 2.43. The minimum absolute atomic E-state index is 0.235. The zero-order valence-electron chi connectivity index (χ0n) is 15.4. The molecule has 148 valence electrons. The standard InChI is InChI=1S/C18H18N2O7S/c1-12(17(21)19(2)14-7-5-4-6-8-14)27-18(22)13-9-10-16(28(3,25)26)15(11-13)20(23)24/h4-12H,1-3H3/t12-/m1/s1. The molecule has 0 aliphatic rings. The molecule has 0 unspecified atom stereocenters. The highest BCUT2D eigenvalue weighted by molar-refractivity contribution is 7.90. The van der Waals surface area contributed by atoms with E-state index < -0.39 is 43.3 Å². The number of benzene rings is 2. The first-order valence-corrected chi connectivity index (χ1v) is 9.93. The predicted molar refractivity (Wildman–Crippen MR) is 101 cm³/mol. The third kappa shape index (κ3) is 4.71. The van der Waals surface area contributed by atoms with Gasteiger partial charge in [0.05, 0.1) is 10.5 Å². The maximum absolute atomic E-state index is 12.4. The maximum atomic E-state index is 12.4. The van der Waals surface area contributed by atoms with E-state index in [9.17, 15) is 28.1 Å². The van der Waals surface area contributed by atoms with Gasteiger partial charge in [-0.2, -0.15) is 0 Å². The van der Waals surface area contributed by atoms with Crippen molar-refractivity contribution < 1.29 is 27.7 Å². The van der Waals surface area contributed by atoms with E-state index in [0.717, 1.165) is 24.5 Å². The van der Waals surface area contributed by atoms with E-state index in [0.29, 0.717) is 5.69 Å². The summed E-state index contributed by atoms with van der Waals surface area (Å²) in [5.74, 6) is -1.48. The third-order valence-corrected chi connectivity index (χ3v) is 5.04. The molecule has 0 fully saturated rings. The van der Waals surface area contributed by atoms with Crippen molar-refractivity contribution in [3.8, 4) is 0 Å². The van der Waals surface area contributed by atoms with E-state index in [4.69, 9.17) is 4.74 Å². The first kappa shape index (κ1) is 21.0. The Morgan fingerprint density at radius 3 is 2.29 bits per heavy atom. The van der Waals surface area contributed by atoms with Crippen LogP contribution in [-0.4, -0.2) is 44.6 Å². The van der Waals surface area contributed by atoms with Crippen LogP contribution in [0.1, 0.15) is 17.3 Å². The van der Waals surface area contributed by atoms with E-state index in [1.54, 1.807) is 30.3 Å². The molecule has 10 heteroatoms. The van der Waals surface area contributed by atoms with Gasteiger partial charge in [0.15, 0.2) is 15.9 Å². The molecule has 0 saturated heterocycles. The van der Waals surface area contributed by atoms with Crippen LogP contribution >= 0.6 is 0 Å². The van der Waals surface area contributed by atoms with Crippen molar-refractivity contribution in [1.82, 2.24) is 0 Å². The number of amides is 1. The molecule has 0 spiro atoms. The van der Waals surface area contributed by atoms with Gasteiger partial charge in [-0.1, -0.05) is 18.2 Å². The van der Waals surface area contributed by atoms with E-state index in [1.807, 2.05) is 0 Å². The highest BCUT2D eigenvalue weighted by Gasteiger charge is 2.27. The minimum Gasteiger partial charge on any atom is -0.449 e. The molecule has 2 aromatic rings. The lowest BCUT2D eigenvalue weighted by molar-refractivity contribution is -0.387. The summed E-state index contributed by atoms with van der Waals surface area (Å²) >= 11 is 0. The van der Waals surface area contributed by atoms with Crippen LogP contribution in [-0.2, 0) is 19.4 Å². The van der Waals surface area contributed by atoms with Crippen molar-refractivity contribution in [2.45, 2.75) is 17.9 Å². The van der Waals surface area contributed by atoms with E-state index in [2.05, 4.69) is 0 Å². The Hall–Kier alpha value is -3.27. The number of sulfone groups is 1. The van der Waals surface area contributed by atoms with Crippen LogP contribution in [0.4, 0.5) is 11.4 Å². The van der Waals surface area contributed by atoms with Crippen LogP contribution in [0, 0.1) is 10.1 Å². The lowest BCUT2D eigenvalue weighted by Gasteiger charge is -2.21. The quantitative estimate of drug-likeness (QED) is 0.409. The second-order valence-corrected chi connectivity index (χ2v) is 7.98. The Labute approximate surface area is 161 Å². The van der Waals surface area contributed by atoms with Crippen molar-refractivity contribution in [1.29, 1.82) is 0 Å². The van der Waals surface area contributed by atoms with Crippen LogP contribution in [0.2, 0.25) is 0 Å². The summed E-state index contributed by atoms with van der Waals surface area (Å²) in [4.78, 5) is 35.8. The van der Waals surface area contributed by atoms with Gasteiger partial charge >= 0.3 is 5.97 Å². The number of nitrogens with zero attached hydrogens (tertiary/aromatic N) is 2. The number of carbonyl (C=O) groups excluding carboxylic acids is 2. The number of rotatable bonds is 6. The first-order valence-electron chi connectivity index (χ1n) is 8.04. The monoisotopic (exact) mass is 406 g/mol. The summed E-state index contributed by atoms with van der Waals surface area (Å²) in [6, 6.07) is 11.6. The van der Waals surface area contributed by atoms with Crippen molar-refractivity contribution in [2.75, 3.05) is 18.2 Å². The molecular weight excluding hydrogens is 388 g/mol. The Morgan fingerprint density at radius 1 is 1.14 bits per heavy atom. The molecule has 0 aromatic heterocycles. The van der Waals surface area contributed by atoms with Gasteiger partial charge in [0.1, 0.15) is 4.90 Å². The second-order valence-electron chi connectivity index (χ2n) is 5.99. The van der Waals surface area contributed by atoms with E-state index in [-0.39, 0.29) is 5.56 Å². The lowest BCUT2D eigenvalue weighted by atomic mass is 10.2. The van der Waals surface area contributed by atoms with Crippen molar-refractivity contribution in [2.24, 2.45) is 0 Å². The molecule has 28 heavy (non-hydrogen) atoms. The number of para-hydroxylation sites is 1. The number of ether oxygens (including phenoxy) is 1. The Bertz CT molecular complexity index is 1020. The number of carbonyl (C=O) groups is 2. The molecule has 1 atom stereocenters. The fraction of sp³-hybridized carbons (Fsp3) is 0.222. The van der Waals surface area contributed by atoms with Gasteiger partial charge < -0.3 is 9.64 Å². The zero-order chi connectivity index (χ0) is 21.1. The Morgan fingerprint density at radius 2 is 1.75 bits per heavy atom. The number of nitro groups is 1. The van der Waals surface area contributed by atoms with Gasteiger partial charge in [0.25, 0.3) is 11.6 Å². The molecular formula is C18H18N2O7S. The second kappa shape index (κ2) is 8.17. The van der Waals surface area contributed by atoms with Gasteiger partial charge in [0, 0.05) is 25.1 Å². The number of likely N-dealkylation sites (N-methyl/N-ethyl adjacent to an activating group) is 1. The van der Waals surface area contributed by atoms with Gasteiger partial charge in [-0.05, 0) is 31.2 Å². The molecule has 2 rings (SSSR count). The molecule has 0 radical (unpaired) electrons. The molecule has 0 heterocycles. The largest absolute Gasteiger partial charge is 0.449 e. The van der Waals surface area contributed by atoms with Crippen molar-refractivity contribution in [3.63, 3.8) is 0 Å². The smallest absolute Gasteiger partial charge is 0.339 e. The lowest BCUT2D eigenvalue weighted by Crippen LogP contribution is -2.37. The summed E-state index contributed by atoms with van der Waals surface area (Å²) < 4.78 is 28.4. The van der Waals surface area contributed by atoms with Crippen LogP contribution in [0.3, 0.4) is 0 Å². The fourth-order valence-corrected chi connectivity index (χ4v) is 3.26. The summed E-state index contributed by atoms with van der Waals surface area (Å²) in [6.07, 6.45) is -0.334. The number of anilines is 1.